The Balaban J connectivity index is 1.42. The number of aromatic amines is 1. The summed E-state index contributed by atoms with van der Waals surface area (Å²) in [6.45, 7) is 2.82. The molecule has 1 heterocycles. The zero-order chi connectivity index (χ0) is 20.8. The summed E-state index contributed by atoms with van der Waals surface area (Å²) in [6.07, 6.45) is 2.77. The van der Waals surface area contributed by atoms with Crippen molar-refractivity contribution in [1.29, 1.82) is 0 Å². The van der Waals surface area contributed by atoms with Gasteiger partial charge in [-0.25, -0.2) is 0 Å². The number of hydrogen-bond donors (Lipinski definition) is 2. The Labute approximate surface area is 177 Å². The summed E-state index contributed by atoms with van der Waals surface area (Å²) in [7, 11) is 0. The van der Waals surface area contributed by atoms with Crippen LogP contribution in [0.4, 0.5) is 0 Å². The lowest BCUT2D eigenvalue weighted by Gasteiger charge is -2.13. The Morgan fingerprint density at radius 2 is 1.73 bits per heavy atom. The van der Waals surface area contributed by atoms with Crippen LogP contribution in [0.15, 0.2) is 72.8 Å². The number of aliphatic hydroxyl groups is 1. The van der Waals surface area contributed by atoms with Crippen LogP contribution in [0.3, 0.4) is 0 Å². The topological polar surface area (TPSA) is 54.5 Å². The van der Waals surface area contributed by atoms with Crippen LogP contribution in [-0.4, -0.2) is 16.7 Å². The molecular formula is C26H27NO3. The molecule has 1 aromatic heterocycles. The zero-order valence-corrected chi connectivity index (χ0v) is 17.2. The van der Waals surface area contributed by atoms with Gasteiger partial charge in [0.15, 0.2) is 0 Å². The third-order valence-corrected chi connectivity index (χ3v) is 5.08. The Kier molecular flexibility index (Phi) is 6.35. The third-order valence-electron chi connectivity index (χ3n) is 5.08. The van der Waals surface area contributed by atoms with E-state index in [0.717, 1.165) is 64.2 Å². The van der Waals surface area contributed by atoms with Crippen molar-refractivity contribution >= 4 is 10.9 Å². The lowest BCUT2D eigenvalue weighted by atomic mass is 10.1. The fourth-order valence-corrected chi connectivity index (χ4v) is 3.60. The molecule has 0 atom stereocenters. The summed E-state index contributed by atoms with van der Waals surface area (Å²) < 4.78 is 12.1. The van der Waals surface area contributed by atoms with Crippen LogP contribution in [-0.2, 0) is 19.4 Å². The standard InChI is InChI=1S/C26H27NO3/c1-2-6-20-17-24(30-23-7-4-3-5-8-23)10-12-26(20)29-14-13-22-16-21-15-19(18-28)9-11-25(21)27-22/h3-5,7-12,15-17,27-28H,2,6,13-14,18H2,1H3. The molecule has 0 saturated heterocycles. The minimum Gasteiger partial charge on any atom is -0.493 e. The minimum absolute atomic E-state index is 0.0593. The average molecular weight is 402 g/mol. The number of hydrogen-bond acceptors (Lipinski definition) is 3. The van der Waals surface area contributed by atoms with Gasteiger partial charge in [0.05, 0.1) is 13.2 Å². The normalized spacial score (nSPS) is 11.0. The number of H-pyrrole nitrogens is 1. The van der Waals surface area contributed by atoms with Crippen LogP contribution in [0.1, 0.15) is 30.2 Å². The van der Waals surface area contributed by atoms with Crippen molar-refractivity contribution in [2.24, 2.45) is 0 Å². The van der Waals surface area contributed by atoms with E-state index in [4.69, 9.17) is 9.47 Å². The molecule has 0 aliphatic carbocycles. The summed E-state index contributed by atoms with van der Waals surface area (Å²) >= 11 is 0. The molecule has 0 aliphatic rings. The van der Waals surface area contributed by atoms with Crippen molar-refractivity contribution in [3.8, 4) is 17.2 Å². The molecular weight excluding hydrogens is 374 g/mol. The number of aromatic nitrogens is 1. The minimum atomic E-state index is 0.0593. The van der Waals surface area contributed by atoms with Crippen LogP contribution in [0.5, 0.6) is 17.2 Å². The van der Waals surface area contributed by atoms with Gasteiger partial charge in [-0.3, -0.25) is 0 Å². The number of para-hydroxylation sites is 1. The highest BCUT2D eigenvalue weighted by Crippen LogP contribution is 2.29. The second kappa shape index (κ2) is 9.51. The summed E-state index contributed by atoms with van der Waals surface area (Å²) in [5, 5.41) is 10.4. The molecule has 4 nitrogen and oxygen atoms in total. The Bertz CT molecular complexity index is 1100. The SMILES string of the molecule is CCCc1cc(Oc2ccccc2)ccc1OCCc1cc2cc(CO)ccc2[nH]1. The molecule has 0 saturated carbocycles. The van der Waals surface area contributed by atoms with Crippen LogP contribution in [0.25, 0.3) is 10.9 Å². The van der Waals surface area contributed by atoms with Crippen LogP contribution < -0.4 is 9.47 Å². The number of ether oxygens (including phenoxy) is 2. The first-order chi connectivity index (χ1) is 14.7. The van der Waals surface area contributed by atoms with E-state index in [0.29, 0.717) is 6.61 Å². The van der Waals surface area contributed by atoms with Gasteiger partial charge in [-0.2, -0.15) is 0 Å². The van der Waals surface area contributed by atoms with Crippen molar-refractivity contribution in [3.05, 3.63) is 89.6 Å². The van der Waals surface area contributed by atoms with Gasteiger partial charge in [0.25, 0.3) is 0 Å². The van der Waals surface area contributed by atoms with Crippen LogP contribution in [0.2, 0.25) is 0 Å². The van der Waals surface area contributed by atoms with E-state index in [-0.39, 0.29) is 6.61 Å². The predicted octanol–water partition coefficient (Wildman–Crippen LogP) is 6.03. The van der Waals surface area contributed by atoms with Gasteiger partial charge in [-0.15, -0.1) is 0 Å². The maximum Gasteiger partial charge on any atom is 0.127 e. The van der Waals surface area contributed by atoms with E-state index < -0.39 is 0 Å². The molecule has 0 unspecified atom stereocenters. The van der Waals surface area contributed by atoms with Gasteiger partial charge >= 0.3 is 0 Å². The maximum atomic E-state index is 9.30. The monoisotopic (exact) mass is 401 g/mol. The molecule has 0 fully saturated rings. The van der Waals surface area contributed by atoms with Crippen molar-refractivity contribution in [1.82, 2.24) is 4.98 Å². The summed E-state index contributed by atoms with van der Waals surface area (Å²) in [4.78, 5) is 3.43. The number of fused-ring (bicyclic) bond motifs is 1. The lowest BCUT2D eigenvalue weighted by molar-refractivity contribution is 0.282. The molecule has 0 spiro atoms. The quantitative estimate of drug-likeness (QED) is 0.360. The zero-order valence-electron chi connectivity index (χ0n) is 17.2. The van der Waals surface area contributed by atoms with Gasteiger partial charge in [-0.1, -0.05) is 37.6 Å². The Morgan fingerprint density at radius 3 is 2.53 bits per heavy atom. The second-order valence-corrected chi connectivity index (χ2v) is 7.41. The summed E-state index contributed by atoms with van der Waals surface area (Å²) in [6, 6.07) is 23.9. The van der Waals surface area contributed by atoms with Crippen LogP contribution >= 0.6 is 0 Å². The molecule has 0 bridgehead atoms. The van der Waals surface area contributed by atoms with E-state index in [1.165, 1.54) is 0 Å². The smallest absolute Gasteiger partial charge is 0.127 e. The number of aliphatic hydroxyl groups excluding tert-OH is 1. The molecule has 0 radical (unpaired) electrons. The number of aryl methyl sites for hydroxylation is 1. The molecule has 4 rings (SSSR count). The van der Waals surface area contributed by atoms with Gasteiger partial charge in [0.1, 0.15) is 17.2 Å². The number of nitrogens with one attached hydrogen (secondary N) is 1. The van der Waals surface area contributed by atoms with Gasteiger partial charge in [-0.05, 0) is 71.5 Å². The highest BCUT2D eigenvalue weighted by molar-refractivity contribution is 5.81. The van der Waals surface area contributed by atoms with E-state index in [2.05, 4.69) is 24.0 Å². The molecule has 3 aromatic carbocycles. The molecule has 4 heteroatoms. The van der Waals surface area contributed by atoms with Crippen molar-refractivity contribution < 1.29 is 14.6 Å². The van der Waals surface area contributed by atoms with Gasteiger partial charge < -0.3 is 19.6 Å². The first kappa shape index (κ1) is 20.0. The Hall–Kier alpha value is -3.24. The van der Waals surface area contributed by atoms with Gasteiger partial charge in [0, 0.05) is 17.6 Å². The third kappa shape index (κ3) is 4.84. The van der Waals surface area contributed by atoms with Crippen molar-refractivity contribution in [3.63, 3.8) is 0 Å². The Morgan fingerprint density at radius 1 is 0.867 bits per heavy atom. The van der Waals surface area contributed by atoms with E-state index in [1.807, 2.05) is 60.7 Å². The summed E-state index contributed by atoms with van der Waals surface area (Å²) in [5.74, 6) is 2.57. The molecule has 154 valence electrons. The largest absolute Gasteiger partial charge is 0.493 e. The highest BCUT2D eigenvalue weighted by atomic mass is 16.5. The predicted molar refractivity (Wildman–Crippen MR) is 120 cm³/mol. The first-order valence-electron chi connectivity index (χ1n) is 10.4. The van der Waals surface area contributed by atoms with Crippen molar-refractivity contribution in [2.75, 3.05) is 6.61 Å². The lowest BCUT2D eigenvalue weighted by Crippen LogP contribution is -2.04. The number of benzene rings is 3. The molecule has 4 aromatic rings. The fraction of sp³-hybridized carbons (Fsp3) is 0.231. The van der Waals surface area contributed by atoms with E-state index >= 15 is 0 Å². The molecule has 0 aliphatic heterocycles. The molecule has 0 amide bonds. The molecule has 2 N–H and O–H groups in total. The highest BCUT2D eigenvalue weighted by Gasteiger charge is 2.08. The van der Waals surface area contributed by atoms with Gasteiger partial charge in [0.2, 0.25) is 0 Å². The number of rotatable bonds is 9. The fourth-order valence-electron chi connectivity index (χ4n) is 3.60. The van der Waals surface area contributed by atoms with E-state index in [1.54, 1.807) is 0 Å². The average Bonchev–Trinajstić information content (AvgIpc) is 3.18. The van der Waals surface area contributed by atoms with Crippen LogP contribution in [0, 0.1) is 0 Å². The summed E-state index contributed by atoms with van der Waals surface area (Å²) in [5.41, 5.74) is 4.29. The second-order valence-electron chi connectivity index (χ2n) is 7.41. The first-order valence-corrected chi connectivity index (χ1v) is 10.4. The van der Waals surface area contributed by atoms with E-state index in [9.17, 15) is 5.11 Å². The maximum absolute atomic E-state index is 9.30. The van der Waals surface area contributed by atoms with Crippen molar-refractivity contribution in [2.45, 2.75) is 32.8 Å². The molecule has 30 heavy (non-hydrogen) atoms.